The Labute approximate surface area is 94.9 Å². The molecule has 2 aromatic rings. The van der Waals surface area contributed by atoms with Gasteiger partial charge in [-0.1, -0.05) is 23.8 Å². The van der Waals surface area contributed by atoms with Gasteiger partial charge in [0.05, 0.1) is 5.56 Å². The second-order valence-electron chi connectivity index (χ2n) is 4.00. The van der Waals surface area contributed by atoms with E-state index in [0.717, 1.165) is 16.8 Å². The third kappa shape index (κ3) is 1.70. The molecule has 0 atom stereocenters. The molecule has 2 rings (SSSR count). The van der Waals surface area contributed by atoms with Crippen molar-refractivity contribution in [2.45, 2.75) is 13.8 Å². The second kappa shape index (κ2) is 3.82. The van der Waals surface area contributed by atoms with Gasteiger partial charge in [-0.15, -0.1) is 0 Å². The predicted molar refractivity (Wildman–Crippen MR) is 62.8 cm³/mol. The van der Waals surface area contributed by atoms with Crippen LogP contribution in [0.2, 0.25) is 0 Å². The number of nitriles is 1. The Morgan fingerprint density at radius 2 is 2.06 bits per heavy atom. The smallest absolute Gasteiger partial charge is 0.110 e. The van der Waals surface area contributed by atoms with Crippen LogP contribution in [0, 0.1) is 25.2 Å². The average Bonchev–Trinajstić information content (AvgIpc) is 2.59. The summed E-state index contributed by atoms with van der Waals surface area (Å²) in [5.74, 6) is 0. The topological polar surface area (TPSA) is 41.6 Å². The minimum Gasteiger partial charge on any atom is -0.274 e. The summed E-state index contributed by atoms with van der Waals surface area (Å²) in [6.07, 6.45) is 1.74. The first-order chi connectivity index (χ1) is 7.61. The Morgan fingerprint density at radius 1 is 1.31 bits per heavy atom. The predicted octanol–water partition coefficient (Wildman–Crippen LogP) is 2.58. The quantitative estimate of drug-likeness (QED) is 0.727. The maximum absolute atomic E-state index is 9.04. The third-order valence-electron chi connectivity index (χ3n) is 2.59. The summed E-state index contributed by atoms with van der Waals surface area (Å²) >= 11 is 0. The van der Waals surface area contributed by atoms with E-state index in [1.54, 1.807) is 10.9 Å². The molecule has 1 aromatic heterocycles. The SMILES string of the molecule is Cc1ccc(-c2nn(C)cc2C#N)c(C)c1. The monoisotopic (exact) mass is 211 g/mol. The standard InChI is InChI=1S/C13H13N3/c1-9-4-5-12(10(2)6-9)13-11(7-14)8-16(3)15-13/h4-6,8H,1-3H3. The van der Waals surface area contributed by atoms with Crippen LogP contribution in [0.5, 0.6) is 0 Å². The van der Waals surface area contributed by atoms with Crippen molar-refractivity contribution < 1.29 is 0 Å². The number of hydrogen-bond donors (Lipinski definition) is 0. The van der Waals surface area contributed by atoms with E-state index >= 15 is 0 Å². The molecule has 0 unspecified atom stereocenters. The highest BCUT2D eigenvalue weighted by atomic mass is 15.2. The lowest BCUT2D eigenvalue weighted by atomic mass is 10.0. The van der Waals surface area contributed by atoms with E-state index in [9.17, 15) is 0 Å². The van der Waals surface area contributed by atoms with Gasteiger partial charge in [0, 0.05) is 18.8 Å². The Hall–Kier alpha value is -2.08. The molecule has 80 valence electrons. The largest absolute Gasteiger partial charge is 0.274 e. The number of benzene rings is 1. The fourth-order valence-corrected chi connectivity index (χ4v) is 1.85. The number of nitrogens with zero attached hydrogens (tertiary/aromatic N) is 3. The molecule has 0 spiro atoms. The number of rotatable bonds is 1. The molecule has 0 aliphatic heterocycles. The lowest BCUT2D eigenvalue weighted by molar-refractivity contribution is 0.770. The van der Waals surface area contributed by atoms with Gasteiger partial charge in [-0.3, -0.25) is 4.68 Å². The Morgan fingerprint density at radius 3 is 2.69 bits per heavy atom. The van der Waals surface area contributed by atoms with Gasteiger partial charge in [-0.25, -0.2) is 0 Å². The molecule has 1 aromatic carbocycles. The molecule has 3 heteroatoms. The summed E-state index contributed by atoms with van der Waals surface area (Å²) in [7, 11) is 1.83. The first kappa shape index (κ1) is 10.4. The fourth-order valence-electron chi connectivity index (χ4n) is 1.85. The summed E-state index contributed by atoms with van der Waals surface area (Å²) in [5, 5.41) is 13.4. The van der Waals surface area contributed by atoms with Crippen molar-refractivity contribution in [1.82, 2.24) is 9.78 Å². The minimum absolute atomic E-state index is 0.620. The van der Waals surface area contributed by atoms with E-state index in [1.165, 1.54) is 5.56 Å². The zero-order chi connectivity index (χ0) is 11.7. The van der Waals surface area contributed by atoms with Gasteiger partial charge in [0.25, 0.3) is 0 Å². The number of aromatic nitrogens is 2. The molecule has 0 bridgehead atoms. The number of aryl methyl sites for hydroxylation is 3. The summed E-state index contributed by atoms with van der Waals surface area (Å²) in [6.45, 7) is 4.10. The van der Waals surface area contributed by atoms with Gasteiger partial charge in [-0.05, 0) is 19.4 Å². The molecule has 0 saturated heterocycles. The van der Waals surface area contributed by atoms with E-state index < -0.39 is 0 Å². The Bertz CT molecular complexity index is 573. The van der Waals surface area contributed by atoms with Crippen LogP contribution < -0.4 is 0 Å². The van der Waals surface area contributed by atoms with E-state index in [4.69, 9.17) is 5.26 Å². The molecule has 0 saturated carbocycles. The average molecular weight is 211 g/mol. The molecule has 3 nitrogen and oxygen atoms in total. The molecule has 16 heavy (non-hydrogen) atoms. The van der Waals surface area contributed by atoms with Crippen molar-refractivity contribution in [3.63, 3.8) is 0 Å². The number of hydrogen-bond acceptors (Lipinski definition) is 2. The molecule has 0 amide bonds. The molecule has 0 aliphatic carbocycles. The van der Waals surface area contributed by atoms with Crippen LogP contribution >= 0.6 is 0 Å². The van der Waals surface area contributed by atoms with Crippen LogP contribution in [0.1, 0.15) is 16.7 Å². The van der Waals surface area contributed by atoms with Crippen LogP contribution in [0.25, 0.3) is 11.3 Å². The maximum Gasteiger partial charge on any atom is 0.110 e. The first-order valence-electron chi connectivity index (χ1n) is 5.13. The van der Waals surface area contributed by atoms with Gasteiger partial charge >= 0.3 is 0 Å². The lowest BCUT2D eigenvalue weighted by Crippen LogP contribution is -1.90. The van der Waals surface area contributed by atoms with Crippen molar-refractivity contribution in [3.8, 4) is 17.3 Å². The van der Waals surface area contributed by atoms with Gasteiger partial charge in [0.2, 0.25) is 0 Å². The van der Waals surface area contributed by atoms with Crippen molar-refractivity contribution in [1.29, 1.82) is 5.26 Å². The fraction of sp³-hybridized carbons (Fsp3) is 0.231. The second-order valence-corrected chi connectivity index (χ2v) is 4.00. The summed E-state index contributed by atoms with van der Waals surface area (Å²) in [6, 6.07) is 8.34. The van der Waals surface area contributed by atoms with Crippen LogP contribution in [-0.2, 0) is 7.05 Å². The third-order valence-corrected chi connectivity index (χ3v) is 2.59. The van der Waals surface area contributed by atoms with Crippen LogP contribution in [0.4, 0.5) is 0 Å². The molecule has 0 N–H and O–H groups in total. The zero-order valence-electron chi connectivity index (χ0n) is 9.65. The van der Waals surface area contributed by atoms with Crippen molar-refractivity contribution in [2.75, 3.05) is 0 Å². The van der Waals surface area contributed by atoms with Gasteiger partial charge in [-0.2, -0.15) is 10.4 Å². The Kier molecular flexibility index (Phi) is 2.49. The highest BCUT2D eigenvalue weighted by Gasteiger charge is 2.11. The summed E-state index contributed by atoms with van der Waals surface area (Å²) < 4.78 is 1.67. The van der Waals surface area contributed by atoms with Crippen LogP contribution in [0.3, 0.4) is 0 Å². The molecule has 0 radical (unpaired) electrons. The molecular formula is C13H13N3. The maximum atomic E-state index is 9.04. The molecule has 1 heterocycles. The molecule has 0 aliphatic rings. The van der Waals surface area contributed by atoms with Crippen molar-refractivity contribution in [3.05, 3.63) is 41.1 Å². The van der Waals surface area contributed by atoms with E-state index in [1.807, 2.05) is 26.1 Å². The van der Waals surface area contributed by atoms with Crippen LogP contribution in [0.15, 0.2) is 24.4 Å². The summed E-state index contributed by atoms with van der Waals surface area (Å²) in [4.78, 5) is 0. The van der Waals surface area contributed by atoms with Crippen molar-refractivity contribution in [2.24, 2.45) is 7.05 Å². The first-order valence-corrected chi connectivity index (χ1v) is 5.13. The summed E-state index contributed by atoms with van der Waals surface area (Å²) in [5.41, 5.74) is 4.78. The van der Waals surface area contributed by atoms with Gasteiger partial charge in [0.1, 0.15) is 11.8 Å². The normalized spacial score (nSPS) is 10.1. The molecular weight excluding hydrogens is 198 g/mol. The zero-order valence-corrected chi connectivity index (χ0v) is 9.65. The van der Waals surface area contributed by atoms with E-state index in [2.05, 4.69) is 24.2 Å². The Balaban J connectivity index is 2.63. The van der Waals surface area contributed by atoms with Gasteiger partial charge < -0.3 is 0 Å². The van der Waals surface area contributed by atoms with Gasteiger partial charge in [0.15, 0.2) is 0 Å². The lowest BCUT2D eigenvalue weighted by Gasteiger charge is -2.04. The van der Waals surface area contributed by atoms with E-state index in [-0.39, 0.29) is 0 Å². The highest BCUT2D eigenvalue weighted by molar-refractivity contribution is 5.69. The highest BCUT2D eigenvalue weighted by Crippen LogP contribution is 2.25. The van der Waals surface area contributed by atoms with Crippen LogP contribution in [-0.4, -0.2) is 9.78 Å². The molecule has 0 fully saturated rings. The van der Waals surface area contributed by atoms with Crippen molar-refractivity contribution >= 4 is 0 Å². The van der Waals surface area contributed by atoms with E-state index in [0.29, 0.717) is 5.56 Å². The minimum atomic E-state index is 0.620.